The number of amides is 2. The average Bonchev–Trinajstić information content (AvgIpc) is 2.67. The number of nitrogens with one attached hydrogen (secondary N) is 1. The lowest BCUT2D eigenvalue weighted by atomic mass is 10.2. The molecule has 6 nitrogen and oxygen atoms in total. The molecule has 6 heteroatoms. The number of benzene rings is 2. The zero-order valence-electron chi connectivity index (χ0n) is 16.0. The van der Waals surface area contributed by atoms with Gasteiger partial charge in [0.15, 0.2) is 6.61 Å². The first-order valence-corrected chi connectivity index (χ1v) is 8.97. The monoisotopic (exact) mass is 370 g/mol. The van der Waals surface area contributed by atoms with E-state index < -0.39 is 0 Å². The highest BCUT2D eigenvalue weighted by molar-refractivity contribution is 6.04. The summed E-state index contributed by atoms with van der Waals surface area (Å²) in [7, 11) is 3.35. The molecule has 2 rings (SSSR count). The molecule has 0 bridgehead atoms. The number of hydrogen-bond donors (Lipinski definition) is 1. The summed E-state index contributed by atoms with van der Waals surface area (Å²) in [4.78, 5) is 25.3. The second-order valence-electron chi connectivity index (χ2n) is 6.28. The molecule has 0 saturated heterocycles. The van der Waals surface area contributed by atoms with Gasteiger partial charge in [0.25, 0.3) is 11.8 Å². The smallest absolute Gasteiger partial charge is 0.259 e. The van der Waals surface area contributed by atoms with Gasteiger partial charge in [-0.15, -0.1) is 0 Å². The van der Waals surface area contributed by atoms with E-state index in [0.717, 1.165) is 18.6 Å². The van der Waals surface area contributed by atoms with Crippen LogP contribution in [0.15, 0.2) is 48.5 Å². The van der Waals surface area contributed by atoms with Crippen molar-refractivity contribution in [3.05, 3.63) is 54.1 Å². The third-order valence-corrected chi connectivity index (χ3v) is 3.86. The molecule has 0 unspecified atom stereocenters. The van der Waals surface area contributed by atoms with E-state index in [0.29, 0.717) is 23.6 Å². The van der Waals surface area contributed by atoms with Crippen molar-refractivity contribution in [2.24, 2.45) is 0 Å². The summed E-state index contributed by atoms with van der Waals surface area (Å²) >= 11 is 0. The van der Waals surface area contributed by atoms with Crippen molar-refractivity contribution in [1.29, 1.82) is 0 Å². The molecule has 0 spiro atoms. The van der Waals surface area contributed by atoms with Crippen LogP contribution < -0.4 is 14.8 Å². The number of nitrogens with zero attached hydrogens (tertiary/aromatic N) is 1. The van der Waals surface area contributed by atoms with Gasteiger partial charge in [-0.25, -0.2) is 0 Å². The first kappa shape index (κ1) is 20.3. The molecule has 0 radical (unpaired) electrons. The number of rotatable bonds is 9. The molecule has 144 valence electrons. The third-order valence-electron chi connectivity index (χ3n) is 3.86. The summed E-state index contributed by atoms with van der Waals surface area (Å²) in [6.45, 7) is 2.76. The average molecular weight is 370 g/mol. The molecular formula is C21H26N2O4. The molecule has 27 heavy (non-hydrogen) atoms. The van der Waals surface area contributed by atoms with Gasteiger partial charge in [0.2, 0.25) is 0 Å². The molecule has 2 amide bonds. The number of unbranched alkanes of at least 4 members (excludes halogenated alkanes) is 1. The van der Waals surface area contributed by atoms with Crippen LogP contribution in [0.25, 0.3) is 0 Å². The van der Waals surface area contributed by atoms with Crippen molar-refractivity contribution in [2.45, 2.75) is 19.8 Å². The van der Waals surface area contributed by atoms with E-state index in [1.54, 1.807) is 62.6 Å². The van der Waals surface area contributed by atoms with Crippen LogP contribution >= 0.6 is 0 Å². The van der Waals surface area contributed by atoms with Gasteiger partial charge >= 0.3 is 0 Å². The van der Waals surface area contributed by atoms with E-state index in [1.165, 1.54) is 4.90 Å². The molecule has 1 N–H and O–H groups in total. The lowest BCUT2D eigenvalue weighted by Gasteiger charge is -2.12. The van der Waals surface area contributed by atoms with E-state index in [-0.39, 0.29) is 18.4 Å². The Hall–Kier alpha value is -3.02. The zero-order valence-corrected chi connectivity index (χ0v) is 16.0. The standard InChI is InChI=1S/C21H26N2O4/c1-4-5-14-26-18-10-6-16(7-11-18)21(25)22-17-8-12-19(13-9-17)27-15-20(24)23(2)3/h6-13H,4-5,14-15H2,1-3H3,(H,22,25). The van der Waals surface area contributed by atoms with Crippen LogP contribution in [0.3, 0.4) is 0 Å². The molecule has 0 aromatic heterocycles. The lowest BCUT2D eigenvalue weighted by molar-refractivity contribution is -0.130. The summed E-state index contributed by atoms with van der Waals surface area (Å²) in [5.74, 6) is 1.01. The van der Waals surface area contributed by atoms with Crippen molar-refractivity contribution < 1.29 is 19.1 Å². The quantitative estimate of drug-likeness (QED) is 0.685. The topological polar surface area (TPSA) is 67.9 Å². The number of carbonyl (C=O) groups is 2. The summed E-state index contributed by atoms with van der Waals surface area (Å²) in [5, 5.41) is 2.83. The van der Waals surface area contributed by atoms with Crippen LogP contribution in [0, 0.1) is 0 Å². The fraction of sp³-hybridized carbons (Fsp3) is 0.333. The second kappa shape index (κ2) is 10.2. The first-order chi connectivity index (χ1) is 13.0. The molecule has 0 aliphatic carbocycles. The maximum absolute atomic E-state index is 12.3. The van der Waals surface area contributed by atoms with Crippen LogP contribution in [0.4, 0.5) is 5.69 Å². The molecule has 2 aromatic rings. The number of likely N-dealkylation sites (N-methyl/N-ethyl adjacent to an activating group) is 1. The van der Waals surface area contributed by atoms with Gasteiger partial charge in [-0.3, -0.25) is 9.59 Å². The van der Waals surface area contributed by atoms with Gasteiger partial charge in [0.05, 0.1) is 6.61 Å². The maximum atomic E-state index is 12.3. The maximum Gasteiger partial charge on any atom is 0.259 e. The Morgan fingerprint density at radius 2 is 1.52 bits per heavy atom. The third kappa shape index (κ3) is 6.66. The molecule has 0 fully saturated rings. The van der Waals surface area contributed by atoms with Crippen LogP contribution in [-0.2, 0) is 4.79 Å². The Bertz CT molecular complexity index is 740. The van der Waals surface area contributed by atoms with E-state index in [4.69, 9.17) is 9.47 Å². The predicted octanol–water partition coefficient (Wildman–Crippen LogP) is 3.58. The van der Waals surface area contributed by atoms with Crippen LogP contribution in [0.5, 0.6) is 11.5 Å². The van der Waals surface area contributed by atoms with E-state index >= 15 is 0 Å². The van der Waals surface area contributed by atoms with E-state index in [2.05, 4.69) is 12.2 Å². The Morgan fingerprint density at radius 1 is 0.926 bits per heavy atom. The molecule has 0 atom stereocenters. The molecular weight excluding hydrogens is 344 g/mol. The molecule has 0 saturated carbocycles. The minimum atomic E-state index is -0.202. The fourth-order valence-corrected chi connectivity index (χ4v) is 2.15. The Balaban J connectivity index is 1.87. The minimum absolute atomic E-state index is 0.0224. The SMILES string of the molecule is CCCCOc1ccc(C(=O)Nc2ccc(OCC(=O)N(C)C)cc2)cc1. The normalized spacial score (nSPS) is 10.2. The molecule has 0 heterocycles. The van der Waals surface area contributed by atoms with E-state index in [9.17, 15) is 9.59 Å². The zero-order chi connectivity index (χ0) is 19.6. The molecule has 2 aromatic carbocycles. The summed E-state index contributed by atoms with van der Waals surface area (Å²) < 4.78 is 11.0. The van der Waals surface area contributed by atoms with Gasteiger partial charge < -0.3 is 19.7 Å². The first-order valence-electron chi connectivity index (χ1n) is 8.97. The lowest BCUT2D eigenvalue weighted by Crippen LogP contribution is -2.27. The Labute approximate surface area is 160 Å². The van der Waals surface area contributed by atoms with Gasteiger partial charge in [-0.05, 0) is 55.0 Å². The molecule has 0 aliphatic heterocycles. The second-order valence-corrected chi connectivity index (χ2v) is 6.28. The van der Waals surface area contributed by atoms with E-state index in [1.807, 2.05) is 0 Å². The van der Waals surface area contributed by atoms with Crippen molar-refractivity contribution in [2.75, 3.05) is 32.6 Å². The largest absolute Gasteiger partial charge is 0.494 e. The summed E-state index contributed by atoms with van der Waals surface area (Å²) in [5.41, 5.74) is 1.20. The Kier molecular flexibility index (Phi) is 7.67. The van der Waals surface area contributed by atoms with Crippen molar-refractivity contribution in [1.82, 2.24) is 4.90 Å². The van der Waals surface area contributed by atoms with Crippen molar-refractivity contribution in [3.63, 3.8) is 0 Å². The van der Waals surface area contributed by atoms with Crippen molar-refractivity contribution in [3.8, 4) is 11.5 Å². The van der Waals surface area contributed by atoms with Crippen LogP contribution in [-0.4, -0.2) is 44.0 Å². The summed E-state index contributed by atoms with van der Waals surface area (Å²) in [6.07, 6.45) is 2.08. The number of anilines is 1. The molecule has 0 aliphatic rings. The van der Waals surface area contributed by atoms with Gasteiger partial charge in [0, 0.05) is 25.3 Å². The van der Waals surface area contributed by atoms with Gasteiger partial charge in [0.1, 0.15) is 11.5 Å². The van der Waals surface area contributed by atoms with Gasteiger partial charge in [-0.1, -0.05) is 13.3 Å². The number of ether oxygens (including phenoxy) is 2. The van der Waals surface area contributed by atoms with Crippen molar-refractivity contribution >= 4 is 17.5 Å². The summed E-state index contributed by atoms with van der Waals surface area (Å²) in [6, 6.07) is 14.0. The highest BCUT2D eigenvalue weighted by atomic mass is 16.5. The highest BCUT2D eigenvalue weighted by Crippen LogP contribution is 2.18. The van der Waals surface area contributed by atoms with Gasteiger partial charge in [-0.2, -0.15) is 0 Å². The minimum Gasteiger partial charge on any atom is -0.494 e. The highest BCUT2D eigenvalue weighted by Gasteiger charge is 2.08. The van der Waals surface area contributed by atoms with Crippen LogP contribution in [0.1, 0.15) is 30.1 Å². The fourth-order valence-electron chi connectivity index (χ4n) is 2.15. The van der Waals surface area contributed by atoms with Crippen LogP contribution in [0.2, 0.25) is 0 Å². The number of carbonyl (C=O) groups excluding carboxylic acids is 2. The predicted molar refractivity (Wildman–Crippen MR) is 105 cm³/mol. The number of hydrogen-bond acceptors (Lipinski definition) is 4. The Morgan fingerprint density at radius 3 is 2.11 bits per heavy atom.